The van der Waals surface area contributed by atoms with Crippen molar-refractivity contribution in [3.63, 3.8) is 0 Å². The first kappa shape index (κ1) is 19.5. The van der Waals surface area contributed by atoms with Gasteiger partial charge in [0.25, 0.3) is 11.5 Å². The van der Waals surface area contributed by atoms with E-state index in [4.69, 9.17) is 4.74 Å². The first-order chi connectivity index (χ1) is 14.6. The maximum Gasteiger partial charge on any atom is 0.276 e. The number of amides is 1. The normalized spacial score (nSPS) is 11.0. The van der Waals surface area contributed by atoms with E-state index in [1.807, 2.05) is 60.1 Å². The lowest BCUT2D eigenvalue weighted by molar-refractivity contribution is 0.101. The van der Waals surface area contributed by atoms with Gasteiger partial charge in [0.1, 0.15) is 11.5 Å². The molecule has 0 unspecified atom stereocenters. The van der Waals surface area contributed by atoms with E-state index < -0.39 is 5.91 Å². The standard InChI is InChI=1S/C22H21N5O3/c1-26-19-6-4-3-5-17(19)24-21(26)15-7-9-16(10-8-15)23-22(29)18-11-12-20(28)27(25-18)13-14-30-2/h3-12H,13-14H2,1-2H3,(H,23,29). The molecule has 0 radical (unpaired) electrons. The van der Waals surface area contributed by atoms with Gasteiger partial charge in [-0.15, -0.1) is 0 Å². The molecule has 8 nitrogen and oxygen atoms in total. The molecule has 1 N–H and O–H groups in total. The number of hydrogen-bond donors (Lipinski definition) is 1. The van der Waals surface area contributed by atoms with Crippen LogP contribution in [0.15, 0.2) is 65.5 Å². The number of methoxy groups -OCH3 is 1. The van der Waals surface area contributed by atoms with Gasteiger partial charge in [0.2, 0.25) is 0 Å². The van der Waals surface area contributed by atoms with Crippen LogP contribution in [-0.4, -0.2) is 39.0 Å². The van der Waals surface area contributed by atoms with Crippen LogP contribution in [0.25, 0.3) is 22.4 Å². The molecule has 0 saturated carbocycles. The molecular formula is C22H21N5O3. The van der Waals surface area contributed by atoms with Crippen molar-refractivity contribution < 1.29 is 9.53 Å². The van der Waals surface area contributed by atoms with E-state index in [2.05, 4.69) is 15.4 Å². The van der Waals surface area contributed by atoms with Gasteiger partial charge in [0.15, 0.2) is 0 Å². The molecule has 4 aromatic rings. The largest absolute Gasteiger partial charge is 0.383 e. The third-order valence-electron chi connectivity index (χ3n) is 4.79. The van der Waals surface area contributed by atoms with Gasteiger partial charge in [0.05, 0.1) is 24.2 Å². The maximum atomic E-state index is 12.5. The summed E-state index contributed by atoms with van der Waals surface area (Å²) in [5, 5.41) is 6.91. The Hall–Kier alpha value is -3.78. The molecule has 8 heteroatoms. The van der Waals surface area contributed by atoms with Crippen LogP contribution in [0.5, 0.6) is 0 Å². The van der Waals surface area contributed by atoms with E-state index in [-0.39, 0.29) is 17.8 Å². The summed E-state index contributed by atoms with van der Waals surface area (Å²) in [6, 6.07) is 18.1. The lowest BCUT2D eigenvalue weighted by Crippen LogP contribution is -2.27. The molecule has 4 rings (SSSR count). The summed E-state index contributed by atoms with van der Waals surface area (Å²) in [5.41, 5.74) is 3.43. The van der Waals surface area contributed by atoms with E-state index in [0.717, 1.165) is 22.4 Å². The molecule has 0 atom stereocenters. The second kappa shape index (κ2) is 8.30. The Morgan fingerprint density at radius 1 is 1.07 bits per heavy atom. The summed E-state index contributed by atoms with van der Waals surface area (Å²) in [5.74, 6) is 0.456. The van der Waals surface area contributed by atoms with Gasteiger partial charge >= 0.3 is 0 Å². The molecule has 30 heavy (non-hydrogen) atoms. The number of rotatable bonds is 6. The van der Waals surface area contributed by atoms with Gasteiger partial charge in [-0.25, -0.2) is 9.67 Å². The van der Waals surface area contributed by atoms with Crippen molar-refractivity contribution in [2.24, 2.45) is 7.05 Å². The predicted molar refractivity (Wildman–Crippen MR) is 114 cm³/mol. The van der Waals surface area contributed by atoms with Crippen LogP contribution in [-0.2, 0) is 18.3 Å². The molecule has 2 aromatic carbocycles. The summed E-state index contributed by atoms with van der Waals surface area (Å²) < 4.78 is 8.22. The zero-order valence-electron chi connectivity index (χ0n) is 16.7. The summed E-state index contributed by atoms with van der Waals surface area (Å²) in [6.07, 6.45) is 0. The van der Waals surface area contributed by atoms with Gasteiger partial charge in [0, 0.05) is 31.5 Å². The Balaban J connectivity index is 1.53. The minimum absolute atomic E-state index is 0.158. The van der Waals surface area contributed by atoms with E-state index >= 15 is 0 Å². The highest BCUT2D eigenvalue weighted by atomic mass is 16.5. The predicted octanol–water partition coefficient (Wildman–Crippen LogP) is 2.70. The van der Waals surface area contributed by atoms with E-state index in [1.165, 1.54) is 16.8 Å². The van der Waals surface area contributed by atoms with Gasteiger partial charge < -0.3 is 14.6 Å². The van der Waals surface area contributed by atoms with Crippen LogP contribution < -0.4 is 10.9 Å². The van der Waals surface area contributed by atoms with Crippen molar-refractivity contribution in [1.29, 1.82) is 0 Å². The average molecular weight is 403 g/mol. The fourth-order valence-electron chi connectivity index (χ4n) is 3.21. The SMILES string of the molecule is COCCn1nc(C(=O)Nc2ccc(-c3nc4ccccc4n3C)cc2)ccc1=O. The van der Waals surface area contributed by atoms with Crippen LogP contribution in [0, 0.1) is 0 Å². The van der Waals surface area contributed by atoms with Gasteiger partial charge in [-0.2, -0.15) is 5.10 Å². The molecular weight excluding hydrogens is 382 g/mol. The minimum atomic E-state index is -0.392. The second-order valence-electron chi connectivity index (χ2n) is 6.79. The summed E-state index contributed by atoms with van der Waals surface area (Å²) in [4.78, 5) is 29.1. The molecule has 0 aliphatic rings. The number of carbonyl (C=O) groups excluding carboxylic acids is 1. The second-order valence-corrected chi connectivity index (χ2v) is 6.79. The average Bonchev–Trinajstić information content (AvgIpc) is 3.10. The first-order valence-corrected chi connectivity index (χ1v) is 9.47. The highest BCUT2D eigenvalue weighted by Gasteiger charge is 2.12. The lowest BCUT2D eigenvalue weighted by atomic mass is 10.2. The number of ether oxygens (including phenoxy) is 1. The smallest absolute Gasteiger partial charge is 0.276 e. The number of nitrogens with zero attached hydrogens (tertiary/aromatic N) is 4. The number of carbonyl (C=O) groups is 1. The number of imidazole rings is 1. The molecule has 2 aromatic heterocycles. The van der Waals surface area contributed by atoms with Gasteiger partial charge in [-0.1, -0.05) is 12.1 Å². The third kappa shape index (κ3) is 3.85. The summed E-state index contributed by atoms with van der Waals surface area (Å²) in [6.45, 7) is 0.616. The third-order valence-corrected chi connectivity index (χ3v) is 4.79. The van der Waals surface area contributed by atoms with Crippen LogP contribution in [0.3, 0.4) is 0 Å². The molecule has 2 heterocycles. The molecule has 0 saturated heterocycles. The zero-order chi connectivity index (χ0) is 21.1. The maximum absolute atomic E-state index is 12.5. The van der Waals surface area contributed by atoms with Crippen molar-refractivity contribution in [1.82, 2.24) is 19.3 Å². The number of anilines is 1. The van der Waals surface area contributed by atoms with Crippen molar-refractivity contribution in [3.8, 4) is 11.4 Å². The van der Waals surface area contributed by atoms with Crippen molar-refractivity contribution in [3.05, 3.63) is 76.7 Å². The van der Waals surface area contributed by atoms with E-state index in [0.29, 0.717) is 12.3 Å². The number of benzene rings is 2. The van der Waals surface area contributed by atoms with E-state index in [1.54, 1.807) is 7.11 Å². The topological polar surface area (TPSA) is 91.0 Å². The van der Waals surface area contributed by atoms with Crippen LogP contribution in [0.1, 0.15) is 10.5 Å². The quantitative estimate of drug-likeness (QED) is 0.535. The number of hydrogen-bond acceptors (Lipinski definition) is 5. The number of nitrogens with one attached hydrogen (secondary N) is 1. The fourth-order valence-corrected chi connectivity index (χ4v) is 3.21. The van der Waals surface area contributed by atoms with Crippen molar-refractivity contribution in [2.45, 2.75) is 6.54 Å². The highest BCUT2D eigenvalue weighted by molar-refractivity contribution is 6.02. The molecule has 0 aliphatic carbocycles. The Morgan fingerprint density at radius 2 is 1.83 bits per heavy atom. The number of aryl methyl sites for hydroxylation is 1. The minimum Gasteiger partial charge on any atom is -0.383 e. The molecule has 0 fully saturated rings. The molecule has 0 spiro atoms. The Morgan fingerprint density at radius 3 is 2.57 bits per heavy atom. The highest BCUT2D eigenvalue weighted by Crippen LogP contribution is 2.24. The number of fused-ring (bicyclic) bond motifs is 1. The molecule has 1 amide bonds. The van der Waals surface area contributed by atoms with Crippen LogP contribution in [0.2, 0.25) is 0 Å². The van der Waals surface area contributed by atoms with E-state index in [9.17, 15) is 9.59 Å². The number of aromatic nitrogens is 4. The zero-order valence-corrected chi connectivity index (χ0v) is 16.7. The molecule has 0 bridgehead atoms. The van der Waals surface area contributed by atoms with Crippen molar-refractivity contribution in [2.75, 3.05) is 19.0 Å². The Kier molecular flexibility index (Phi) is 5.40. The van der Waals surface area contributed by atoms with Crippen LogP contribution >= 0.6 is 0 Å². The monoisotopic (exact) mass is 403 g/mol. The van der Waals surface area contributed by atoms with Crippen LogP contribution in [0.4, 0.5) is 5.69 Å². The Labute approximate surface area is 172 Å². The fraction of sp³-hybridized carbons (Fsp3) is 0.182. The Bertz CT molecular complexity index is 1260. The van der Waals surface area contributed by atoms with Gasteiger partial charge in [-0.05, 0) is 42.5 Å². The molecule has 0 aliphatic heterocycles. The summed E-state index contributed by atoms with van der Waals surface area (Å²) in [7, 11) is 3.52. The molecule has 152 valence electrons. The van der Waals surface area contributed by atoms with Gasteiger partial charge in [-0.3, -0.25) is 9.59 Å². The lowest BCUT2D eigenvalue weighted by Gasteiger charge is -2.08. The number of para-hydroxylation sites is 2. The van der Waals surface area contributed by atoms with Crippen molar-refractivity contribution >= 4 is 22.6 Å². The first-order valence-electron chi connectivity index (χ1n) is 9.47. The summed E-state index contributed by atoms with van der Waals surface area (Å²) >= 11 is 0.